The number of ether oxygens (including phenoxy) is 2. The van der Waals surface area contributed by atoms with Crippen molar-refractivity contribution in [2.45, 2.75) is 52.6 Å². The van der Waals surface area contributed by atoms with E-state index >= 15 is 0 Å². The van der Waals surface area contributed by atoms with Gasteiger partial charge in [0.2, 0.25) is 0 Å². The van der Waals surface area contributed by atoms with Gasteiger partial charge in [-0.3, -0.25) is 9.80 Å². The Hall–Kier alpha value is -4.64. The van der Waals surface area contributed by atoms with Crippen molar-refractivity contribution in [2.24, 2.45) is 11.8 Å². The van der Waals surface area contributed by atoms with Gasteiger partial charge in [0.1, 0.15) is 11.5 Å². The summed E-state index contributed by atoms with van der Waals surface area (Å²) in [5.41, 5.74) is 5.02. The van der Waals surface area contributed by atoms with E-state index in [-0.39, 0.29) is 0 Å². The van der Waals surface area contributed by atoms with Gasteiger partial charge in [0, 0.05) is 24.2 Å². The van der Waals surface area contributed by atoms with Gasteiger partial charge in [0.15, 0.2) is 0 Å². The number of fused-ring (bicyclic) bond motifs is 7. The molecule has 2 unspecified atom stereocenters. The maximum atomic E-state index is 6.85. The molecule has 0 radical (unpaired) electrons. The molecule has 0 saturated heterocycles. The fourth-order valence-corrected chi connectivity index (χ4v) is 7.59. The monoisotopic (exact) mass is 690 g/mol. The Morgan fingerprint density at radius 1 is 0.462 bits per heavy atom. The second kappa shape index (κ2) is 17.7. The molecule has 0 saturated carbocycles. The first-order chi connectivity index (χ1) is 25.6. The lowest BCUT2D eigenvalue weighted by Gasteiger charge is -2.27. The Kier molecular flexibility index (Phi) is 12.2. The molecule has 0 aliphatic carbocycles. The fourth-order valence-electron chi connectivity index (χ4n) is 7.59. The van der Waals surface area contributed by atoms with Gasteiger partial charge in [0.25, 0.3) is 0 Å². The molecule has 4 nitrogen and oxygen atoms in total. The van der Waals surface area contributed by atoms with E-state index < -0.39 is 0 Å². The first kappa shape index (κ1) is 35.7. The number of benzene rings is 6. The Labute approximate surface area is 311 Å². The molecule has 0 amide bonds. The lowest BCUT2D eigenvalue weighted by molar-refractivity contribution is 0.191. The molecule has 7 rings (SSSR count). The van der Waals surface area contributed by atoms with Crippen LogP contribution in [0.5, 0.6) is 11.5 Å². The van der Waals surface area contributed by atoms with Gasteiger partial charge in [-0.1, -0.05) is 135 Å². The standard InChI is InChI=1S/C48H54N2O2/c1-37-27-31-49(33-39-15-5-3-6-16-39)29-13-14-30-50(34-40-17-7-4-8-18-40)32-28-38(2)36-52-46-26-24-42-20-10-12-22-44(42)48(46)47-43-21-11-9-19-41(43)23-25-45(47)51-35-37/h3-12,15-26,37-38H,13-14,27-36H2,1-2H3. The molecule has 0 spiro atoms. The molecule has 0 fully saturated rings. The molecule has 6 aromatic rings. The molecular formula is C48H54N2O2. The first-order valence-corrected chi connectivity index (χ1v) is 19.4. The van der Waals surface area contributed by atoms with Crippen LogP contribution in [0.2, 0.25) is 0 Å². The van der Waals surface area contributed by atoms with Gasteiger partial charge in [-0.15, -0.1) is 0 Å². The second-order valence-corrected chi connectivity index (χ2v) is 15.0. The highest BCUT2D eigenvalue weighted by molar-refractivity contribution is 6.09. The number of hydrogen-bond donors (Lipinski definition) is 0. The summed E-state index contributed by atoms with van der Waals surface area (Å²) >= 11 is 0. The Balaban J connectivity index is 1.22. The van der Waals surface area contributed by atoms with Crippen LogP contribution in [0.4, 0.5) is 0 Å². The molecule has 4 heteroatoms. The van der Waals surface area contributed by atoms with Crippen LogP contribution in [-0.4, -0.2) is 49.2 Å². The van der Waals surface area contributed by atoms with Crippen LogP contribution in [0, 0.1) is 11.8 Å². The smallest absolute Gasteiger partial charge is 0.127 e. The highest BCUT2D eigenvalue weighted by Crippen LogP contribution is 2.45. The SMILES string of the molecule is CC1CCN(Cc2ccccc2)CCCCN(Cc2ccccc2)CCC(C)COc2ccc3ccccc3c2-c2c(ccc3ccccc23)OC1. The lowest BCUT2D eigenvalue weighted by Crippen LogP contribution is -2.30. The molecule has 0 aromatic heterocycles. The first-order valence-electron chi connectivity index (χ1n) is 19.4. The lowest BCUT2D eigenvalue weighted by atomic mass is 9.92. The van der Waals surface area contributed by atoms with E-state index in [1.165, 1.54) is 45.5 Å². The van der Waals surface area contributed by atoms with Crippen molar-refractivity contribution in [3.8, 4) is 22.6 Å². The summed E-state index contributed by atoms with van der Waals surface area (Å²) in [5, 5.41) is 4.79. The van der Waals surface area contributed by atoms with Crippen LogP contribution < -0.4 is 9.47 Å². The van der Waals surface area contributed by atoms with E-state index in [1.54, 1.807) is 0 Å². The van der Waals surface area contributed by atoms with Gasteiger partial charge < -0.3 is 9.47 Å². The molecule has 1 aliphatic heterocycles. The Morgan fingerprint density at radius 3 is 1.31 bits per heavy atom. The van der Waals surface area contributed by atoms with E-state index in [4.69, 9.17) is 9.47 Å². The van der Waals surface area contributed by atoms with Gasteiger partial charge in [-0.2, -0.15) is 0 Å². The van der Waals surface area contributed by atoms with Gasteiger partial charge in [0.05, 0.1) is 13.2 Å². The van der Waals surface area contributed by atoms with E-state index in [9.17, 15) is 0 Å². The van der Waals surface area contributed by atoms with E-state index in [2.05, 4.69) is 157 Å². The Bertz CT molecular complexity index is 1860. The average Bonchev–Trinajstić information content (AvgIpc) is 3.18. The van der Waals surface area contributed by atoms with Gasteiger partial charge in [-0.05, 0) is 109 Å². The number of nitrogens with zero attached hydrogens (tertiary/aromatic N) is 2. The zero-order chi connectivity index (χ0) is 35.5. The van der Waals surface area contributed by atoms with Crippen LogP contribution in [0.3, 0.4) is 0 Å². The highest BCUT2D eigenvalue weighted by Gasteiger charge is 2.21. The molecular weight excluding hydrogens is 637 g/mol. The predicted molar refractivity (Wildman–Crippen MR) is 218 cm³/mol. The molecule has 1 aliphatic rings. The van der Waals surface area contributed by atoms with Crippen molar-refractivity contribution in [2.75, 3.05) is 39.4 Å². The van der Waals surface area contributed by atoms with Crippen LogP contribution >= 0.6 is 0 Å². The molecule has 1 heterocycles. The third-order valence-electron chi connectivity index (χ3n) is 10.7. The fraction of sp³-hybridized carbons (Fsp3) is 0.333. The maximum absolute atomic E-state index is 6.85. The van der Waals surface area contributed by atoms with Gasteiger partial charge in [-0.25, -0.2) is 0 Å². The largest absolute Gasteiger partial charge is 0.493 e. The highest BCUT2D eigenvalue weighted by atomic mass is 16.5. The van der Waals surface area contributed by atoms with E-state index in [0.717, 1.165) is 74.7 Å². The summed E-state index contributed by atoms with van der Waals surface area (Å²) in [4.78, 5) is 5.32. The predicted octanol–water partition coefficient (Wildman–Crippen LogP) is 11.3. The molecule has 6 aromatic carbocycles. The third kappa shape index (κ3) is 9.23. The van der Waals surface area contributed by atoms with Crippen molar-refractivity contribution in [1.82, 2.24) is 9.80 Å². The zero-order valence-corrected chi connectivity index (χ0v) is 31.1. The van der Waals surface area contributed by atoms with Crippen molar-refractivity contribution in [3.63, 3.8) is 0 Å². The summed E-state index contributed by atoms with van der Waals surface area (Å²) in [6, 6.07) is 48.1. The van der Waals surface area contributed by atoms with Crippen molar-refractivity contribution < 1.29 is 9.47 Å². The quantitative estimate of drug-likeness (QED) is 0.184. The normalized spacial score (nSPS) is 18.9. The minimum absolute atomic E-state index is 0.397. The Morgan fingerprint density at radius 2 is 0.865 bits per heavy atom. The van der Waals surface area contributed by atoms with Crippen molar-refractivity contribution >= 4 is 21.5 Å². The summed E-state index contributed by atoms with van der Waals surface area (Å²) in [6.45, 7) is 12.3. The second-order valence-electron chi connectivity index (χ2n) is 15.0. The van der Waals surface area contributed by atoms with Crippen LogP contribution in [0.15, 0.2) is 133 Å². The summed E-state index contributed by atoms with van der Waals surface area (Å²) in [5.74, 6) is 2.64. The van der Waals surface area contributed by atoms with Crippen LogP contribution in [0.25, 0.3) is 32.7 Å². The number of hydrogen-bond acceptors (Lipinski definition) is 4. The molecule has 0 bridgehead atoms. The molecule has 268 valence electrons. The minimum atomic E-state index is 0.397. The molecule has 0 N–H and O–H groups in total. The molecule has 52 heavy (non-hydrogen) atoms. The van der Waals surface area contributed by atoms with Crippen molar-refractivity contribution in [3.05, 3.63) is 145 Å². The van der Waals surface area contributed by atoms with Crippen LogP contribution in [0.1, 0.15) is 50.7 Å². The van der Waals surface area contributed by atoms with E-state index in [0.29, 0.717) is 25.0 Å². The zero-order valence-electron chi connectivity index (χ0n) is 31.1. The average molecular weight is 691 g/mol. The summed E-state index contributed by atoms with van der Waals surface area (Å²) < 4.78 is 13.7. The topological polar surface area (TPSA) is 24.9 Å². The number of rotatable bonds is 4. The molecule has 2 atom stereocenters. The van der Waals surface area contributed by atoms with Gasteiger partial charge >= 0.3 is 0 Å². The summed E-state index contributed by atoms with van der Waals surface area (Å²) in [7, 11) is 0. The van der Waals surface area contributed by atoms with Crippen molar-refractivity contribution in [1.29, 1.82) is 0 Å². The third-order valence-corrected chi connectivity index (χ3v) is 10.7. The van der Waals surface area contributed by atoms with Crippen LogP contribution in [-0.2, 0) is 13.1 Å². The van der Waals surface area contributed by atoms with E-state index in [1.807, 2.05) is 0 Å². The maximum Gasteiger partial charge on any atom is 0.127 e. The minimum Gasteiger partial charge on any atom is -0.493 e. The summed E-state index contributed by atoms with van der Waals surface area (Å²) in [6.07, 6.45) is 4.53.